The molecule has 1 atom stereocenters. The number of rotatable bonds is 5. The van der Waals surface area contributed by atoms with Crippen LogP contribution in [0.5, 0.6) is 0 Å². The molecule has 9 heteroatoms. The van der Waals surface area contributed by atoms with Crippen LogP contribution in [0.4, 0.5) is 18.0 Å². The lowest BCUT2D eigenvalue weighted by Crippen LogP contribution is -2.42. The maximum Gasteiger partial charge on any atom is 0.405 e. The number of urea groups is 1. The molecule has 16 heavy (non-hydrogen) atoms. The number of hydrogen-bond donors (Lipinski definition) is 4. The van der Waals surface area contributed by atoms with Gasteiger partial charge in [0.2, 0.25) is 0 Å². The fourth-order valence-electron chi connectivity index (χ4n) is 0.708. The molecule has 6 nitrogen and oxygen atoms in total. The molecule has 0 aromatic heterocycles. The van der Waals surface area contributed by atoms with Gasteiger partial charge < -0.3 is 21.5 Å². The summed E-state index contributed by atoms with van der Waals surface area (Å²) >= 11 is 0. The molecule has 0 rings (SSSR count). The smallest absolute Gasteiger partial charge is 0.405 e. The molecule has 1 unspecified atom stereocenters. The normalized spacial score (nSPS) is 13.0. The third-order valence-electron chi connectivity index (χ3n) is 1.51. The van der Waals surface area contributed by atoms with Crippen LogP contribution < -0.4 is 16.4 Å². The number of alkyl halides is 3. The summed E-state index contributed by atoms with van der Waals surface area (Å²) in [4.78, 5) is 21.0. The summed E-state index contributed by atoms with van der Waals surface area (Å²) in [5, 5.41) is 12.0. The molecule has 2 amide bonds. The second-order valence-electron chi connectivity index (χ2n) is 2.96. The third-order valence-corrected chi connectivity index (χ3v) is 1.51. The lowest BCUT2D eigenvalue weighted by Gasteiger charge is -2.10. The summed E-state index contributed by atoms with van der Waals surface area (Å²) in [5.74, 6) is -1.24. The highest BCUT2D eigenvalue weighted by molar-refractivity contribution is 5.74. The number of carboxylic acid groups (broad SMARTS) is 1. The van der Waals surface area contributed by atoms with Crippen molar-refractivity contribution in [2.24, 2.45) is 5.73 Å². The molecule has 5 N–H and O–H groups in total. The van der Waals surface area contributed by atoms with Crippen molar-refractivity contribution in [2.75, 3.05) is 13.1 Å². The summed E-state index contributed by atoms with van der Waals surface area (Å²) in [6.07, 6.45) is -4.54. The first-order valence-corrected chi connectivity index (χ1v) is 4.29. The second-order valence-corrected chi connectivity index (χ2v) is 2.96. The van der Waals surface area contributed by atoms with Crippen molar-refractivity contribution < 1.29 is 27.9 Å². The zero-order valence-corrected chi connectivity index (χ0v) is 8.17. The Hall–Kier alpha value is -1.51. The number of halogens is 3. The molecule has 0 aliphatic carbocycles. The maximum absolute atomic E-state index is 11.6. The van der Waals surface area contributed by atoms with Gasteiger partial charge in [0.05, 0.1) is 0 Å². The molecule has 0 aliphatic heterocycles. The lowest BCUT2D eigenvalue weighted by atomic mass is 10.2. The minimum Gasteiger partial charge on any atom is -0.480 e. The minimum absolute atomic E-state index is 0.0607. The number of aliphatic carboxylic acids is 1. The van der Waals surface area contributed by atoms with E-state index in [1.54, 1.807) is 5.32 Å². The highest BCUT2D eigenvalue weighted by Crippen LogP contribution is 2.11. The van der Waals surface area contributed by atoms with Crippen LogP contribution in [-0.2, 0) is 4.79 Å². The average molecular weight is 243 g/mol. The molecule has 0 saturated heterocycles. The molecule has 0 saturated carbocycles. The van der Waals surface area contributed by atoms with Gasteiger partial charge in [-0.2, -0.15) is 13.2 Å². The summed E-state index contributed by atoms with van der Waals surface area (Å²) < 4.78 is 34.9. The van der Waals surface area contributed by atoms with Gasteiger partial charge >= 0.3 is 18.2 Å². The minimum atomic E-state index is -4.48. The van der Waals surface area contributed by atoms with Crippen LogP contribution in [0.2, 0.25) is 0 Å². The monoisotopic (exact) mass is 243 g/mol. The van der Waals surface area contributed by atoms with E-state index in [4.69, 9.17) is 10.8 Å². The van der Waals surface area contributed by atoms with Gasteiger partial charge in [-0.25, -0.2) is 4.79 Å². The summed E-state index contributed by atoms with van der Waals surface area (Å²) in [5.41, 5.74) is 5.09. The zero-order valence-electron chi connectivity index (χ0n) is 8.17. The van der Waals surface area contributed by atoms with E-state index in [0.717, 1.165) is 0 Å². The Morgan fingerprint density at radius 3 is 2.31 bits per heavy atom. The van der Waals surface area contributed by atoms with Gasteiger partial charge in [0.25, 0.3) is 0 Å². The Kier molecular flexibility index (Phi) is 5.57. The largest absolute Gasteiger partial charge is 0.480 e. The van der Waals surface area contributed by atoms with Crippen LogP contribution in [-0.4, -0.2) is 42.4 Å². The van der Waals surface area contributed by atoms with Crippen LogP contribution >= 0.6 is 0 Å². The fraction of sp³-hybridized carbons (Fsp3) is 0.714. The molecular weight excluding hydrogens is 231 g/mol. The third kappa shape index (κ3) is 7.85. The van der Waals surface area contributed by atoms with Gasteiger partial charge in [0, 0.05) is 6.54 Å². The number of carbonyl (C=O) groups is 2. The predicted octanol–water partition coefficient (Wildman–Crippen LogP) is -0.350. The van der Waals surface area contributed by atoms with Gasteiger partial charge in [-0.3, -0.25) is 4.79 Å². The first-order chi connectivity index (χ1) is 7.22. The van der Waals surface area contributed by atoms with Crippen molar-refractivity contribution in [2.45, 2.75) is 18.6 Å². The van der Waals surface area contributed by atoms with E-state index >= 15 is 0 Å². The van der Waals surface area contributed by atoms with Crippen LogP contribution in [0.3, 0.4) is 0 Å². The highest BCUT2D eigenvalue weighted by Gasteiger charge is 2.27. The summed E-state index contributed by atoms with van der Waals surface area (Å²) in [7, 11) is 0. The predicted molar refractivity (Wildman–Crippen MR) is 47.7 cm³/mol. The topological polar surface area (TPSA) is 104 Å². The van der Waals surface area contributed by atoms with Gasteiger partial charge in [-0.15, -0.1) is 0 Å². The average Bonchev–Trinajstić information content (AvgIpc) is 2.13. The van der Waals surface area contributed by atoms with E-state index in [0.29, 0.717) is 0 Å². The van der Waals surface area contributed by atoms with Crippen LogP contribution in [0.25, 0.3) is 0 Å². The Bertz CT molecular complexity index is 257. The van der Waals surface area contributed by atoms with Gasteiger partial charge in [-0.1, -0.05) is 0 Å². The number of amides is 2. The van der Waals surface area contributed by atoms with E-state index in [1.165, 1.54) is 0 Å². The number of carbonyl (C=O) groups excluding carboxylic acids is 1. The molecule has 0 aliphatic rings. The van der Waals surface area contributed by atoms with Crippen molar-refractivity contribution in [3.63, 3.8) is 0 Å². The Labute approximate surface area is 89.0 Å². The number of carboxylic acids is 1. The summed E-state index contributed by atoms with van der Waals surface area (Å²) in [6, 6.07) is -2.17. The number of nitrogens with one attached hydrogen (secondary N) is 2. The van der Waals surface area contributed by atoms with E-state index in [1.807, 2.05) is 5.32 Å². The van der Waals surface area contributed by atoms with Crippen molar-refractivity contribution >= 4 is 12.0 Å². The SMILES string of the molecule is NC(CCNC(=O)NCC(F)(F)F)C(=O)O. The molecule has 0 fully saturated rings. The Morgan fingerprint density at radius 1 is 1.31 bits per heavy atom. The van der Waals surface area contributed by atoms with Crippen LogP contribution in [0, 0.1) is 0 Å². The van der Waals surface area contributed by atoms with Crippen molar-refractivity contribution in [1.29, 1.82) is 0 Å². The van der Waals surface area contributed by atoms with Crippen LogP contribution in [0.15, 0.2) is 0 Å². The second kappa shape index (κ2) is 6.16. The van der Waals surface area contributed by atoms with Gasteiger partial charge in [0.15, 0.2) is 0 Å². The highest BCUT2D eigenvalue weighted by atomic mass is 19.4. The number of nitrogens with two attached hydrogens (primary N) is 1. The Morgan fingerprint density at radius 2 is 1.88 bits per heavy atom. The van der Waals surface area contributed by atoms with Crippen LogP contribution in [0.1, 0.15) is 6.42 Å². The van der Waals surface area contributed by atoms with Crippen molar-refractivity contribution in [1.82, 2.24) is 10.6 Å². The molecular formula is C7H12F3N3O3. The fourth-order valence-corrected chi connectivity index (χ4v) is 0.708. The molecule has 0 heterocycles. The Balaban J connectivity index is 3.63. The quantitative estimate of drug-likeness (QED) is 0.529. The van der Waals surface area contributed by atoms with E-state index in [9.17, 15) is 22.8 Å². The molecule has 0 aromatic carbocycles. The molecule has 0 spiro atoms. The summed E-state index contributed by atoms with van der Waals surface area (Å²) in [6.45, 7) is -1.55. The molecule has 0 bridgehead atoms. The van der Waals surface area contributed by atoms with Gasteiger partial charge in [-0.05, 0) is 6.42 Å². The first kappa shape index (κ1) is 14.5. The molecule has 0 radical (unpaired) electrons. The lowest BCUT2D eigenvalue weighted by molar-refractivity contribution is -0.138. The van der Waals surface area contributed by atoms with Gasteiger partial charge in [0.1, 0.15) is 12.6 Å². The molecule has 0 aromatic rings. The maximum atomic E-state index is 11.6. The van der Waals surface area contributed by atoms with Crippen molar-refractivity contribution in [3.8, 4) is 0 Å². The number of hydrogen-bond acceptors (Lipinski definition) is 3. The van der Waals surface area contributed by atoms with E-state index in [2.05, 4.69) is 0 Å². The standard InChI is InChI=1S/C7H12F3N3O3/c8-7(9,10)3-13-6(16)12-2-1-4(11)5(14)15/h4H,1-3,11H2,(H,14,15)(H2,12,13,16). The van der Waals surface area contributed by atoms with E-state index < -0.39 is 30.8 Å². The van der Waals surface area contributed by atoms with E-state index in [-0.39, 0.29) is 13.0 Å². The van der Waals surface area contributed by atoms with Crippen molar-refractivity contribution in [3.05, 3.63) is 0 Å². The molecule has 94 valence electrons. The zero-order chi connectivity index (χ0) is 12.8. The first-order valence-electron chi connectivity index (χ1n) is 4.29.